The van der Waals surface area contributed by atoms with Gasteiger partial charge in [-0.15, -0.1) is 0 Å². The molecule has 0 radical (unpaired) electrons. The lowest BCUT2D eigenvalue weighted by Crippen LogP contribution is -2.19. The fraction of sp³-hybridized carbons (Fsp3) is 0.400. The second kappa shape index (κ2) is 6.44. The van der Waals surface area contributed by atoms with E-state index in [1.807, 2.05) is 0 Å². The Hall–Kier alpha value is 0.510. The van der Waals surface area contributed by atoms with E-state index in [0.29, 0.717) is 26.3 Å². The van der Waals surface area contributed by atoms with E-state index >= 15 is 0 Å². The predicted octanol–water partition coefficient (Wildman–Crippen LogP) is 3.53. The van der Waals surface area contributed by atoms with Gasteiger partial charge >= 0.3 is 0 Å². The summed E-state index contributed by atoms with van der Waals surface area (Å²) in [6.07, 6.45) is -1.53. The summed E-state index contributed by atoms with van der Waals surface area (Å²) in [5, 5.41) is 20.2. The highest BCUT2D eigenvalue weighted by atomic mass is 79.9. The summed E-state index contributed by atoms with van der Waals surface area (Å²) >= 11 is 9.52. The van der Waals surface area contributed by atoms with Crippen molar-refractivity contribution in [1.29, 1.82) is 0 Å². The van der Waals surface area contributed by atoms with Gasteiger partial charge in [0.2, 0.25) is 0 Å². The van der Waals surface area contributed by atoms with E-state index in [9.17, 15) is 14.6 Å². The van der Waals surface area contributed by atoms with Crippen molar-refractivity contribution in [3.63, 3.8) is 0 Å². The summed E-state index contributed by atoms with van der Waals surface area (Å²) in [5.41, 5.74) is 0.454. The van der Waals surface area contributed by atoms with Crippen molar-refractivity contribution >= 4 is 47.8 Å². The van der Waals surface area contributed by atoms with E-state index in [1.54, 1.807) is 0 Å². The van der Waals surface area contributed by atoms with Gasteiger partial charge in [-0.1, -0.05) is 47.8 Å². The van der Waals surface area contributed by atoms with Crippen LogP contribution in [0.5, 0.6) is 0 Å². The molecule has 0 aromatic heterocycles. The van der Waals surface area contributed by atoms with E-state index < -0.39 is 18.0 Å². The number of hydrogen-bond acceptors (Lipinski definition) is 2. The van der Waals surface area contributed by atoms with E-state index in [2.05, 4.69) is 47.8 Å². The van der Waals surface area contributed by atoms with Gasteiger partial charge in [0.05, 0.1) is 6.10 Å². The van der Waals surface area contributed by atoms with Gasteiger partial charge in [0, 0.05) is 19.8 Å². The Morgan fingerprint density at radius 3 is 2.12 bits per heavy atom. The van der Waals surface area contributed by atoms with Gasteiger partial charge in [0.25, 0.3) is 0 Å². The number of rotatable bonds is 4. The first-order chi connectivity index (χ1) is 7.47. The molecule has 0 aliphatic carbocycles. The van der Waals surface area contributed by atoms with E-state index in [1.165, 1.54) is 12.1 Å². The molecule has 0 amide bonds. The lowest BCUT2D eigenvalue weighted by Gasteiger charge is -2.20. The van der Waals surface area contributed by atoms with Crippen LogP contribution in [0.2, 0.25) is 0 Å². The SMILES string of the molecule is OC(CCBr)C(O)c1c(Br)cc(F)cc1Br. The fourth-order valence-corrected chi connectivity index (χ4v) is 3.37. The van der Waals surface area contributed by atoms with Crippen LogP contribution in [0, 0.1) is 5.82 Å². The molecule has 2 N–H and O–H groups in total. The molecule has 0 saturated heterocycles. The van der Waals surface area contributed by atoms with Crippen LogP contribution in [-0.4, -0.2) is 21.6 Å². The number of halogens is 4. The summed E-state index contributed by atoms with van der Waals surface area (Å²) in [6, 6.07) is 2.51. The Kier molecular flexibility index (Phi) is 5.87. The van der Waals surface area contributed by atoms with Crippen LogP contribution in [0.25, 0.3) is 0 Å². The molecule has 90 valence electrons. The van der Waals surface area contributed by atoms with Gasteiger partial charge < -0.3 is 10.2 Å². The molecule has 6 heteroatoms. The van der Waals surface area contributed by atoms with Crippen LogP contribution >= 0.6 is 47.8 Å². The Labute approximate surface area is 118 Å². The number of hydrogen-bond donors (Lipinski definition) is 2. The Balaban J connectivity index is 3.03. The van der Waals surface area contributed by atoms with Crippen molar-refractivity contribution in [3.05, 3.63) is 32.5 Å². The second-order valence-electron chi connectivity index (χ2n) is 3.27. The monoisotopic (exact) mass is 418 g/mol. The highest BCUT2D eigenvalue weighted by Gasteiger charge is 2.23. The first-order valence-corrected chi connectivity index (χ1v) is 7.24. The Morgan fingerprint density at radius 2 is 1.69 bits per heavy atom. The standard InChI is InChI=1S/C10H10Br3FO2/c11-2-1-8(15)10(16)9-6(12)3-5(14)4-7(9)13/h3-4,8,10,15-16H,1-2H2. The lowest BCUT2D eigenvalue weighted by atomic mass is 10.0. The molecule has 1 aromatic rings. The van der Waals surface area contributed by atoms with Crippen LogP contribution < -0.4 is 0 Å². The van der Waals surface area contributed by atoms with E-state index in [4.69, 9.17) is 0 Å². The minimum Gasteiger partial charge on any atom is -0.390 e. The molecule has 1 rings (SSSR count). The molecule has 0 bridgehead atoms. The van der Waals surface area contributed by atoms with Crippen LogP contribution in [0.1, 0.15) is 18.1 Å². The van der Waals surface area contributed by atoms with E-state index in [0.717, 1.165) is 0 Å². The zero-order chi connectivity index (χ0) is 12.3. The largest absolute Gasteiger partial charge is 0.390 e. The maximum atomic E-state index is 13.0. The zero-order valence-corrected chi connectivity index (χ0v) is 12.9. The third-order valence-electron chi connectivity index (χ3n) is 2.11. The third kappa shape index (κ3) is 3.50. The topological polar surface area (TPSA) is 40.5 Å². The van der Waals surface area contributed by atoms with Crippen LogP contribution in [0.4, 0.5) is 4.39 Å². The zero-order valence-electron chi connectivity index (χ0n) is 8.13. The van der Waals surface area contributed by atoms with Gasteiger partial charge in [-0.25, -0.2) is 4.39 Å². The Bertz CT molecular complexity index is 350. The highest BCUT2D eigenvalue weighted by Crippen LogP contribution is 2.34. The molecule has 0 aliphatic heterocycles. The minimum absolute atomic E-state index is 0.412. The van der Waals surface area contributed by atoms with Crippen molar-refractivity contribution in [2.24, 2.45) is 0 Å². The van der Waals surface area contributed by atoms with Gasteiger partial charge in [-0.05, 0) is 18.6 Å². The number of aliphatic hydroxyl groups is 2. The molecule has 0 saturated carbocycles. The van der Waals surface area contributed by atoms with Crippen molar-refractivity contribution in [2.75, 3.05) is 5.33 Å². The average molecular weight is 421 g/mol. The third-order valence-corrected chi connectivity index (χ3v) is 3.88. The van der Waals surface area contributed by atoms with Crippen molar-refractivity contribution < 1.29 is 14.6 Å². The van der Waals surface area contributed by atoms with Crippen LogP contribution in [0.15, 0.2) is 21.1 Å². The number of alkyl halides is 1. The molecular formula is C10H10Br3FO2. The molecule has 2 nitrogen and oxygen atoms in total. The quantitative estimate of drug-likeness (QED) is 0.731. The van der Waals surface area contributed by atoms with Gasteiger partial charge in [0.1, 0.15) is 11.9 Å². The normalized spacial score (nSPS) is 14.9. The maximum absolute atomic E-state index is 13.0. The maximum Gasteiger partial charge on any atom is 0.125 e. The molecule has 1 aromatic carbocycles. The molecule has 2 unspecified atom stereocenters. The summed E-state index contributed by atoms with van der Waals surface area (Å²) in [4.78, 5) is 0. The molecule has 0 spiro atoms. The van der Waals surface area contributed by atoms with E-state index in [-0.39, 0.29) is 0 Å². The van der Waals surface area contributed by atoms with Crippen molar-refractivity contribution in [3.8, 4) is 0 Å². The first-order valence-electron chi connectivity index (χ1n) is 4.54. The second-order valence-corrected chi connectivity index (χ2v) is 5.77. The Morgan fingerprint density at radius 1 is 1.19 bits per heavy atom. The van der Waals surface area contributed by atoms with Gasteiger partial charge in [0.15, 0.2) is 0 Å². The first kappa shape index (κ1) is 14.6. The van der Waals surface area contributed by atoms with Gasteiger partial charge in [-0.3, -0.25) is 0 Å². The summed E-state index contributed by atoms with van der Waals surface area (Å²) in [7, 11) is 0. The summed E-state index contributed by atoms with van der Waals surface area (Å²) < 4.78 is 13.9. The number of benzene rings is 1. The molecular weight excluding hydrogens is 411 g/mol. The smallest absolute Gasteiger partial charge is 0.125 e. The van der Waals surface area contributed by atoms with Crippen LogP contribution in [0.3, 0.4) is 0 Å². The molecule has 16 heavy (non-hydrogen) atoms. The van der Waals surface area contributed by atoms with Crippen molar-refractivity contribution in [1.82, 2.24) is 0 Å². The van der Waals surface area contributed by atoms with Crippen molar-refractivity contribution in [2.45, 2.75) is 18.6 Å². The summed E-state index contributed by atoms with van der Waals surface area (Å²) in [5.74, 6) is -0.412. The molecule has 0 aliphatic rings. The highest BCUT2D eigenvalue weighted by molar-refractivity contribution is 9.11. The average Bonchev–Trinajstić information content (AvgIpc) is 2.16. The summed E-state index contributed by atoms with van der Waals surface area (Å²) in [6.45, 7) is 0. The lowest BCUT2D eigenvalue weighted by molar-refractivity contribution is 0.0165. The minimum atomic E-state index is -1.05. The molecule has 0 fully saturated rings. The molecule has 2 atom stereocenters. The predicted molar refractivity (Wildman–Crippen MR) is 71.2 cm³/mol. The fourth-order valence-electron chi connectivity index (χ4n) is 1.30. The van der Waals surface area contributed by atoms with Gasteiger partial charge in [-0.2, -0.15) is 0 Å². The molecule has 0 heterocycles. The van der Waals surface area contributed by atoms with Crippen LogP contribution in [-0.2, 0) is 0 Å². The number of aliphatic hydroxyl groups excluding tert-OH is 2.